The Hall–Kier alpha value is -1.29. The molecular formula is C14H23N3O. The third-order valence-electron chi connectivity index (χ3n) is 4.03. The Balaban J connectivity index is 2.29. The van der Waals surface area contributed by atoms with Crippen LogP contribution in [0.3, 0.4) is 0 Å². The number of carbonyl (C=O) groups is 1. The molecule has 1 atom stereocenters. The first-order chi connectivity index (χ1) is 8.60. The molecule has 0 aliphatic carbocycles. The highest BCUT2D eigenvalue weighted by atomic mass is 16.2. The molecule has 100 valence electrons. The molecule has 0 spiro atoms. The van der Waals surface area contributed by atoms with Gasteiger partial charge in [-0.05, 0) is 39.7 Å². The Morgan fingerprint density at radius 1 is 1.50 bits per heavy atom. The summed E-state index contributed by atoms with van der Waals surface area (Å²) in [5, 5.41) is 0. The van der Waals surface area contributed by atoms with Crippen molar-refractivity contribution < 1.29 is 4.79 Å². The summed E-state index contributed by atoms with van der Waals surface area (Å²) in [7, 11) is 0. The van der Waals surface area contributed by atoms with E-state index >= 15 is 0 Å². The Bertz CT molecular complexity index is 450. The predicted octanol–water partition coefficient (Wildman–Crippen LogP) is 1.69. The third kappa shape index (κ3) is 2.05. The molecule has 0 bridgehead atoms. The standard InChI is InChI=1S/C14H23N3O/c1-4-16-10(2)8-13(11(16)3)14(18)17-7-5-6-12(17)9-15/h8,12H,4-7,9,15H2,1-3H3. The summed E-state index contributed by atoms with van der Waals surface area (Å²) in [6.45, 7) is 8.50. The second-order valence-corrected chi connectivity index (χ2v) is 5.06. The van der Waals surface area contributed by atoms with Gasteiger partial charge in [-0.2, -0.15) is 0 Å². The van der Waals surface area contributed by atoms with Gasteiger partial charge in [0.1, 0.15) is 0 Å². The highest BCUT2D eigenvalue weighted by Gasteiger charge is 2.30. The van der Waals surface area contributed by atoms with Crippen LogP contribution in [0.15, 0.2) is 6.07 Å². The number of nitrogens with zero attached hydrogens (tertiary/aromatic N) is 2. The van der Waals surface area contributed by atoms with Crippen molar-refractivity contribution in [3.63, 3.8) is 0 Å². The van der Waals surface area contributed by atoms with Crippen LogP contribution in [0.2, 0.25) is 0 Å². The van der Waals surface area contributed by atoms with E-state index in [2.05, 4.69) is 18.4 Å². The fraction of sp³-hybridized carbons (Fsp3) is 0.643. The third-order valence-corrected chi connectivity index (χ3v) is 4.03. The Labute approximate surface area is 109 Å². The number of amides is 1. The SMILES string of the molecule is CCn1c(C)cc(C(=O)N2CCCC2CN)c1C. The van der Waals surface area contributed by atoms with Crippen molar-refractivity contribution >= 4 is 5.91 Å². The van der Waals surface area contributed by atoms with Gasteiger partial charge in [0.05, 0.1) is 5.56 Å². The quantitative estimate of drug-likeness (QED) is 0.886. The number of nitrogens with two attached hydrogens (primary N) is 1. The fourth-order valence-corrected chi connectivity index (χ4v) is 3.01. The van der Waals surface area contributed by atoms with Crippen molar-refractivity contribution in [2.24, 2.45) is 5.73 Å². The lowest BCUT2D eigenvalue weighted by molar-refractivity contribution is 0.0740. The number of aromatic nitrogens is 1. The molecule has 0 radical (unpaired) electrons. The van der Waals surface area contributed by atoms with Crippen LogP contribution in [0.25, 0.3) is 0 Å². The van der Waals surface area contributed by atoms with Gasteiger partial charge in [-0.25, -0.2) is 0 Å². The van der Waals surface area contributed by atoms with Crippen LogP contribution >= 0.6 is 0 Å². The molecule has 1 amide bonds. The van der Waals surface area contributed by atoms with Crippen LogP contribution in [-0.4, -0.2) is 34.5 Å². The zero-order valence-corrected chi connectivity index (χ0v) is 11.6. The zero-order valence-electron chi connectivity index (χ0n) is 11.6. The smallest absolute Gasteiger partial charge is 0.255 e. The molecule has 1 unspecified atom stereocenters. The minimum Gasteiger partial charge on any atom is -0.349 e. The number of likely N-dealkylation sites (tertiary alicyclic amines) is 1. The van der Waals surface area contributed by atoms with E-state index in [9.17, 15) is 4.79 Å². The maximum Gasteiger partial charge on any atom is 0.255 e. The van der Waals surface area contributed by atoms with E-state index in [0.29, 0.717) is 6.54 Å². The average Bonchev–Trinajstić information content (AvgIpc) is 2.93. The molecule has 2 heterocycles. The minimum atomic E-state index is 0.149. The molecule has 1 aliphatic heterocycles. The minimum absolute atomic E-state index is 0.149. The number of hydrogen-bond acceptors (Lipinski definition) is 2. The monoisotopic (exact) mass is 249 g/mol. The average molecular weight is 249 g/mol. The van der Waals surface area contributed by atoms with Gasteiger partial charge < -0.3 is 15.2 Å². The van der Waals surface area contributed by atoms with Gasteiger partial charge in [-0.1, -0.05) is 0 Å². The van der Waals surface area contributed by atoms with Gasteiger partial charge in [0.15, 0.2) is 0 Å². The summed E-state index contributed by atoms with van der Waals surface area (Å²) in [6, 6.07) is 2.23. The largest absolute Gasteiger partial charge is 0.349 e. The summed E-state index contributed by atoms with van der Waals surface area (Å²) in [5.41, 5.74) is 8.81. The van der Waals surface area contributed by atoms with Gasteiger partial charge in [0.25, 0.3) is 5.91 Å². The van der Waals surface area contributed by atoms with Crippen LogP contribution in [0.5, 0.6) is 0 Å². The molecule has 0 aromatic carbocycles. The molecule has 2 N–H and O–H groups in total. The maximum absolute atomic E-state index is 12.6. The summed E-state index contributed by atoms with van der Waals surface area (Å²) < 4.78 is 2.18. The van der Waals surface area contributed by atoms with E-state index < -0.39 is 0 Å². The molecule has 1 fully saturated rings. The molecule has 1 aliphatic rings. The highest BCUT2D eigenvalue weighted by molar-refractivity contribution is 5.96. The van der Waals surface area contributed by atoms with E-state index in [4.69, 9.17) is 5.73 Å². The molecular weight excluding hydrogens is 226 g/mol. The van der Waals surface area contributed by atoms with Crippen molar-refractivity contribution in [3.05, 3.63) is 23.0 Å². The molecule has 1 aromatic rings. The Kier molecular flexibility index (Phi) is 3.76. The normalized spacial score (nSPS) is 19.6. The van der Waals surface area contributed by atoms with Crippen LogP contribution in [0, 0.1) is 13.8 Å². The Morgan fingerprint density at radius 2 is 2.22 bits per heavy atom. The zero-order chi connectivity index (χ0) is 13.3. The number of aryl methyl sites for hydroxylation is 1. The van der Waals surface area contributed by atoms with Crippen LogP contribution < -0.4 is 5.73 Å². The van der Waals surface area contributed by atoms with Crippen LogP contribution in [-0.2, 0) is 6.54 Å². The van der Waals surface area contributed by atoms with Gasteiger partial charge in [0, 0.05) is 37.1 Å². The topological polar surface area (TPSA) is 51.3 Å². The number of rotatable bonds is 3. The van der Waals surface area contributed by atoms with Crippen molar-refractivity contribution in [1.82, 2.24) is 9.47 Å². The van der Waals surface area contributed by atoms with Crippen LogP contribution in [0.1, 0.15) is 41.5 Å². The first kappa shape index (κ1) is 13.1. The lowest BCUT2D eigenvalue weighted by atomic mass is 10.2. The van der Waals surface area contributed by atoms with E-state index in [1.54, 1.807) is 0 Å². The lowest BCUT2D eigenvalue weighted by Gasteiger charge is -2.23. The number of hydrogen-bond donors (Lipinski definition) is 1. The molecule has 4 heteroatoms. The van der Waals surface area contributed by atoms with E-state index in [1.165, 1.54) is 0 Å². The first-order valence-corrected chi connectivity index (χ1v) is 6.77. The Morgan fingerprint density at radius 3 is 2.78 bits per heavy atom. The second-order valence-electron chi connectivity index (χ2n) is 5.06. The van der Waals surface area contributed by atoms with E-state index in [-0.39, 0.29) is 11.9 Å². The maximum atomic E-state index is 12.6. The van der Waals surface area contributed by atoms with Crippen molar-refractivity contribution in [1.29, 1.82) is 0 Å². The fourth-order valence-electron chi connectivity index (χ4n) is 3.01. The summed E-state index contributed by atoms with van der Waals surface area (Å²) in [5.74, 6) is 0.149. The van der Waals surface area contributed by atoms with E-state index in [0.717, 1.165) is 42.9 Å². The molecule has 1 aromatic heterocycles. The lowest BCUT2D eigenvalue weighted by Crippen LogP contribution is -2.40. The van der Waals surface area contributed by atoms with Gasteiger partial charge in [0.2, 0.25) is 0 Å². The summed E-state index contributed by atoms with van der Waals surface area (Å²) in [6.07, 6.45) is 2.11. The van der Waals surface area contributed by atoms with E-state index in [1.807, 2.05) is 17.9 Å². The second kappa shape index (κ2) is 5.14. The first-order valence-electron chi connectivity index (χ1n) is 6.77. The predicted molar refractivity (Wildman–Crippen MR) is 72.7 cm³/mol. The molecule has 18 heavy (non-hydrogen) atoms. The molecule has 4 nitrogen and oxygen atoms in total. The molecule has 2 rings (SSSR count). The number of carbonyl (C=O) groups excluding carboxylic acids is 1. The van der Waals surface area contributed by atoms with Gasteiger partial charge in [-0.3, -0.25) is 4.79 Å². The van der Waals surface area contributed by atoms with Gasteiger partial charge >= 0.3 is 0 Å². The molecule has 1 saturated heterocycles. The summed E-state index contributed by atoms with van der Waals surface area (Å²) in [4.78, 5) is 14.5. The van der Waals surface area contributed by atoms with Gasteiger partial charge in [-0.15, -0.1) is 0 Å². The van der Waals surface area contributed by atoms with Crippen LogP contribution in [0.4, 0.5) is 0 Å². The highest BCUT2D eigenvalue weighted by Crippen LogP contribution is 2.23. The van der Waals surface area contributed by atoms with Crippen molar-refractivity contribution in [2.75, 3.05) is 13.1 Å². The van der Waals surface area contributed by atoms with Crippen molar-refractivity contribution in [2.45, 2.75) is 46.2 Å². The molecule has 0 saturated carbocycles. The summed E-state index contributed by atoms with van der Waals surface area (Å²) >= 11 is 0. The van der Waals surface area contributed by atoms with Crippen molar-refractivity contribution in [3.8, 4) is 0 Å².